The summed E-state index contributed by atoms with van der Waals surface area (Å²) in [6.07, 6.45) is 11.7. The second kappa shape index (κ2) is 7.14. The van der Waals surface area contributed by atoms with Gasteiger partial charge < -0.3 is 0 Å². The van der Waals surface area contributed by atoms with Crippen LogP contribution in [0.3, 0.4) is 0 Å². The topological polar surface area (TPSA) is 17.3 Å². The fourth-order valence-electron chi connectivity index (χ4n) is 2.57. The van der Waals surface area contributed by atoms with Crippen molar-refractivity contribution in [3.05, 3.63) is 90.7 Å². The van der Waals surface area contributed by atoms with Crippen molar-refractivity contribution in [1.29, 1.82) is 0 Å². The third-order valence-electron chi connectivity index (χ3n) is 4.07. The summed E-state index contributed by atoms with van der Waals surface area (Å²) < 4.78 is 2.02. The van der Waals surface area contributed by atoms with Crippen LogP contribution in [0.2, 0.25) is 0 Å². The molecule has 0 spiro atoms. The minimum absolute atomic E-state index is 0.929. The van der Waals surface area contributed by atoms with Crippen molar-refractivity contribution < 1.29 is 0 Å². The van der Waals surface area contributed by atoms with Crippen LogP contribution in [-0.4, -0.2) is 10.4 Å². The average Bonchev–Trinajstić information content (AvgIpc) is 2.81. The van der Waals surface area contributed by atoms with Crippen molar-refractivity contribution in [3.63, 3.8) is 0 Å². The van der Waals surface area contributed by atoms with E-state index in [0.717, 1.165) is 40.2 Å². The van der Waals surface area contributed by atoms with Gasteiger partial charge in [-0.15, -0.1) is 0 Å². The first kappa shape index (κ1) is 16.0. The summed E-state index contributed by atoms with van der Waals surface area (Å²) in [5.74, 6) is 0. The Labute approximate surface area is 143 Å². The highest BCUT2D eigenvalue weighted by Gasteiger charge is 2.12. The van der Waals surface area contributed by atoms with Crippen molar-refractivity contribution >= 4 is 11.3 Å². The standard InChI is InChI=1S/C22H22N2/c1-17(2)18(3)23-24-21(19-11-7-4-5-8-12-19)15-16-22(24)20-13-9-6-10-14-20/h4,6-16H,1,5H2,2-3H3/b23-18+. The Bertz CT molecular complexity index is 859. The van der Waals surface area contributed by atoms with Crippen LogP contribution in [0.15, 0.2) is 90.1 Å². The van der Waals surface area contributed by atoms with Crippen LogP contribution in [-0.2, 0) is 0 Å². The molecule has 2 heteroatoms. The number of aromatic nitrogens is 1. The Hall–Kier alpha value is -2.87. The number of allylic oxidation sites excluding steroid dienone is 7. The quantitative estimate of drug-likeness (QED) is 0.629. The highest BCUT2D eigenvalue weighted by Crippen LogP contribution is 2.28. The molecule has 0 saturated heterocycles. The molecule has 2 aromatic rings. The molecule has 0 bridgehead atoms. The Morgan fingerprint density at radius 2 is 1.75 bits per heavy atom. The van der Waals surface area contributed by atoms with Crippen LogP contribution in [0.1, 0.15) is 26.0 Å². The summed E-state index contributed by atoms with van der Waals surface area (Å²) in [6, 6.07) is 14.6. The van der Waals surface area contributed by atoms with Gasteiger partial charge in [-0.25, -0.2) is 4.68 Å². The molecule has 24 heavy (non-hydrogen) atoms. The van der Waals surface area contributed by atoms with Crippen molar-refractivity contribution in [2.24, 2.45) is 5.10 Å². The molecule has 0 atom stereocenters. The molecular weight excluding hydrogens is 292 g/mol. The van der Waals surface area contributed by atoms with E-state index in [1.54, 1.807) is 0 Å². The van der Waals surface area contributed by atoms with Gasteiger partial charge in [-0.05, 0) is 43.5 Å². The number of hydrogen-bond donors (Lipinski definition) is 0. The van der Waals surface area contributed by atoms with Gasteiger partial charge in [0.05, 0.1) is 17.1 Å². The SMILES string of the molecule is C=C(C)/C(C)=N/n1c(C2=CC=CCC=C2)ccc1-c1ccccc1. The Kier molecular flexibility index (Phi) is 4.76. The highest BCUT2D eigenvalue weighted by molar-refractivity contribution is 5.97. The number of nitrogens with zero attached hydrogens (tertiary/aromatic N) is 2. The van der Waals surface area contributed by atoms with Gasteiger partial charge in [0.2, 0.25) is 0 Å². The van der Waals surface area contributed by atoms with E-state index in [2.05, 4.69) is 73.4 Å². The Morgan fingerprint density at radius 3 is 2.50 bits per heavy atom. The van der Waals surface area contributed by atoms with Crippen molar-refractivity contribution in [2.45, 2.75) is 20.3 Å². The third-order valence-corrected chi connectivity index (χ3v) is 4.07. The maximum atomic E-state index is 4.84. The molecule has 1 heterocycles. The monoisotopic (exact) mass is 314 g/mol. The first-order chi connectivity index (χ1) is 11.7. The van der Waals surface area contributed by atoms with E-state index < -0.39 is 0 Å². The van der Waals surface area contributed by atoms with Gasteiger partial charge >= 0.3 is 0 Å². The highest BCUT2D eigenvalue weighted by atomic mass is 15.4. The summed E-state index contributed by atoms with van der Waals surface area (Å²) in [4.78, 5) is 0. The molecule has 0 amide bonds. The van der Waals surface area contributed by atoms with E-state index in [9.17, 15) is 0 Å². The molecule has 0 unspecified atom stereocenters. The lowest BCUT2D eigenvalue weighted by Crippen LogP contribution is -2.03. The van der Waals surface area contributed by atoms with E-state index in [4.69, 9.17) is 5.10 Å². The van der Waals surface area contributed by atoms with Gasteiger partial charge in [-0.3, -0.25) is 0 Å². The van der Waals surface area contributed by atoms with Gasteiger partial charge in [0.15, 0.2) is 0 Å². The van der Waals surface area contributed by atoms with Gasteiger partial charge in [0.1, 0.15) is 0 Å². The van der Waals surface area contributed by atoms with Gasteiger partial charge in [-0.2, -0.15) is 5.10 Å². The minimum atomic E-state index is 0.929. The second-order valence-electron chi connectivity index (χ2n) is 5.94. The van der Waals surface area contributed by atoms with Crippen LogP contribution < -0.4 is 0 Å². The molecule has 0 saturated carbocycles. The molecule has 3 rings (SSSR count). The van der Waals surface area contributed by atoms with Crippen molar-refractivity contribution in [3.8, 4) is 11.3 Å². The zero-order valence-corrected chi connectivity index (χ0v) is 14.2. The minimum Gasteiger partial charge on any atom is -0.232 e. The van der Waals surface area contributed by atoms with Crippen LogP contribution in [0.25, 0.3) is 16.8 Å². The molecule has 120 valence electrons. The van der Waals surface area contributed by atoms with Crippen LogP contribution in [0.5, 0.6) is 0 Å². The lowest BCUT2D eigenvalue weighted by atomic mass is 10.1. The Balaban J connectivity index is 2.18. The predicted octanol–water partition coefficient (Wildman–Crippen LogP) is 5.85. The lowest BCUT2D eigenvalue weighted by molar-refractivity contribution is 0.879. The normalized spacial score (nSPS) is 14.4. The maximum Gasteiger partial charge on any atom is 0.0726 e. The first-order valence-electron chi connectivity index (χ1n) is 8.19. The van der Waals surface area contributed by atoms with E-state index in [0.29, 0.717) is 0 Å². The predicted molar refractivity (Wildman–Crippen MR) is 104 cm³/mol. The molecular formula is C22H22N2. The largest absolute Gasteiger partial charge is 0.232 e. The van der Waals surface area contributed by atoms with Crippen LogP contribution in [0.4, 0.5) is 0 Å². The average molecular weight is 314 g/mol. The zero-order valence-electron chi connectivity index (χ0n) is 14.2. The van der Waals surface area contributed by atoms with E-state index in [-0.39, 0.29) is 0 Å². The Morgan fingerprint density at radius 1 is 1.00 bits per heavy atom. The molecule has 1 aliphatic carbocycles. The van der Waals surface area contributed by atoms with Crippen molar-refractivity contribution in [2.75, 3.05) is 0 Å². The summed E-state index contributed by atoms with van der Waals surface area (Å²) in [5, 5.41) is 4.84. The molecule has 1 aliphatic rings. The van der Waals surface area contributed by atoms with Crippen LogP contribution >= 0.6 is 0 Å². The molecule has 1 aromatic heterocycles. The van der Waals surface area contributed by atoms with E-state index in [1.165, 1.54) is 0 Å². The number of benzene rings is 1. The maximum absolute atomic E-state index is 4.84. The molecule has 2 nitrogen and oxygen atoms in total. The number of rotatable bonds is 4. The molecule has 0 N–H and O–H groups in total. The fourth-order valence-corrected chi connectivity index (χ4v) is 2.57. The third kappa shape index (κ3) is 3.38. The van der Waals surface area contributed by atoms with E-state index in [1.807, 2.05) is 24.6 Å². The molecule has 1 aromatic carbocycles. The molecule has 0 aliphatic heterocycles. The fraction of sp³-hybridized carbons (Fsp3) is 0.136. The van der Waals surface area contributed by atoms with E-state index >= 15 is 0 Å². The summed E-state index contributed by atoms with van der Waals surface area (Å²) in [7, 11) is 0. The van der Waals surface area contributed by atoms with Gasteiger partial charge in [0.25, 0.3) is 0 Å². The summed E-state index contributed by atoms with van der Waals surface area (Å²) in [6.45, 7) is 7.99. The first-order valence-corrected chi connectivity index (χ1v) is 8.19. The summed E-state index contributed by atoms with van der Waals surface area (Å²) >= 11 is 0. The van der Waals surface area contributed by atoms with Crippen LogP contribution in [0, 0.1) is 0 Å². The molecule has 0 fully saturated rings. The zero-order chi connectivity index (χ0) is 16.9. The van der Waals surface area contributed by atoms with Gasteiger partial charge in [0, 0.05) is 5.56 Å². The van der Waals surface area contributed by atoms with Crippen molar-refractivity contribution in [1.82, 2.24) is 4.68 Å². The molecule has 0 radical (unpaired) electrons. The smallest absolute Gasteiger partial charge is 0.0726 e. The van der Waals surface area contributed by atoms with Gasteiger partial charge in [-0.1, -0.05) is 67.3 Å². The summed E-state index contributed by atoms with van der Waals surface area (Å²) in [5.41, 5.74) is 6.36. The second-order valence-corrected chi connectivity index (χ2v) is 5.94. The lowest BCUT2D eigenvalue weighted by Gasteiger charge is -2.11. The number of hydrogen-bond acceptors (Lipinski definition) is 1.